The van der Waals surface area contributed by atoms with E-state index in [1.54, 1.807) is 0 Å². The Bertz CT molecular complexity index is 872. The summed E-state index contributed by atoms with van der Waals surface area (Å²) in [6.07, 6.45) is 5.15. The zero-order valence-corrected chi connectivity index (χ0v) is 17.9. The van der Waals surface area contributed by atoms with Crippen molar-refractivity contribution in [2.24, 2.45) is 0 Å². The van der Waals surface area contributed by atoms with Crippen LogP contribution in [0.4, 0.5) is 11.4 Å². The topological polar surface area (TPSA) is 62.8 Å². The fourth-order valence-corrected chi connectivity index (χ4v) is 3.98. The number of hydrogen-bond acceptors (Lipinski definition) is 5. The molecule has 0 atom stereocenters. The molecule has 0 unspecified atom stereocenters. The highest BCUT2D eigenvalue weighted by molar-refractivity contribution is 5.92. The SMILES string of the molecule is CC(C)(NCC(=O)Nc1ccc(N2CCCCCC2)cc1)c1ccc2c(c1)OCO2. The number of nitrogens with zero attached hydrogens (tertiary/aromatic N) is 1. The molecule has 1 fully saturated rings. The summed E-state index contributed by atoms with van der Waals surface area (Å²) in [5, 5.41) is 6.33. The third-order valence-corrected chi connectivity index (χ3v) is 5.91. The van der Waals surface area contributed by atoms with Crippen LogP contribution in [0, 0.1) is 0 Å². The Morgan fingerprint density at radius 2 is 1.67 bits per heavy atom. The van der Waals surface area contributed by atoms with Crippen LogP contribution in [0.25, 0.3) is 0 Å². The molecule has 0 bridgehead atoms. The lowest BCUT2D eigenvalue weighted by Gasteiger charge is -2.27. The van der Waals surface area contributed by atoms with Gasteiger partial charge in [0.1, 0.15) is 0 Å². The van der Waals surface area contributed by atoms with Crippen molar-refractivity contribution < 1.29 is 14.3 Å². The molecule has 1 amide bonds. The maximum atomic E-state index is 12.5. The molecular weight excluding hydrogens is 378 g/mol. The van der Waals surface area contributed by atoms with Gasteiger partial charge in [-0.1, -0.05) is 18.9 Å². The van der Waals surface area contributed by atoms with Gasteiger partial charge in [-0.2, -0.15) is 0 Å². The molecule has 2 aromatic rings. The summed E-state index contributed by atoms with van der Waals surface area (Å²) in [7, 11) is 0. The van der Waals surface area contributed by atoms with Crippen molar-refractivity contribution in [2.45, 2.75) is 45.1 Å². The summed E-state index contributed by atoms with van der Waals surface area (Å²) in [5.74, 6) is 1.44. The lowest BCUT2D eigenvalue weighted by atomic mass is 9.94. The average Bonchev–Trinajstić information content (AvgIpc) is 3.05. The molecule has 2 aliphatic heterocycles. The molecule has 0 aromatic heterocycles. The molecule has 160 valence electrons. The Kier molecular flexibility index (Phi) is 6.13. The fourth-order valence-electron chi connectivity index (χ4n) is 3.98. The van der Waals surface area contributed by atoms with E-state index >= 15 is 0 Å². The highest BCUT2D eigenvalue weighted by Gasteiger charge is 2.24. The molecule has 30 heavy (non-hydrogen) atoms. The summed E-state index contributed by atoms with van der Waals surface area (Å²) in [6.45, 7) is 6.80. The van der Waals surface area contributed by atoms with Crippen molar-refractivity contribution in [3.63, 3.8) is 0 Å². The van der Waals surface area contributed by atoms with Crippen molar-refractivity contribution in [2.75, 3.05) is 36.6 Å². The van der Waals surface area contributed by atoms with Gasteiger partial charge in [-0.25, -0.2) is 0 Å². The third kappa shape index (κ3) is 4.87. The molecule has 0 radical (unpaired) electrons. The lowest BCUT2D eigenvalue weighted by Crippen LogP contribution is -2.41. The number of ether oxygens (including phenoxy) is 2. The van der Waals surface area contributed by atoms with Crippen LogP contribution in [-0.4, -0.2) is 32.3 Å². The van der Waals surface area contributed by atoms with Gasteiger partial charge >= 0.3 is 0 Å². The van der Waals surface area contributed by atoms with E-state index in [-0.39, 0.29) is 24.8 Å². The maximum absolute atomic E-state index is 12.5. The summed E-state index contributed by atoms with van der Waals surface area (Å²) in [6, 6.07) is 14.1. The molecule has 2 heterocycles. The monoisotopic (exact) mass is 409 g/mol. The van der Waals surface area contributed by atoms with Gasteiger partial charge < -0.3 is 19.7 Å². The van der Waals surface area contributed by atoms with E-state index in [1.807, 2.05) is 44.2 Å². The van der Waals surface area contributed by atoms with E-state index in [4.69, 9.17) is 9.47 Å². The van der Waals surface area contributed by atoms with Crippen molar-refractivity contribution in [1.82, 2.24) is 5.32 Å². The van der Waals surface area contributed by atoms with Crippen LogP contribution in [0.5, 0.6) is 11.5 Å². The van der Waals surface area contributed by atoms with Gasteiger partial charge in [0.2, 0.25) is 12.7 Å². The van der Waals surface area contributed by atoms with Gasteiger partial charge in [-0.3, -0.25) is 10.1 Å². The van der Waals surface area contributed by atoms with E-state index in [1.165, 1.54) is 31.4 Å². The van der Waals surface area contributed by atoms with Crippen LogP contribution < -0.4 is 25.0 Å². The Morgan fingerprint density at radius 1 is 0.967 bits per heavy atom. The summed E-state index contributed by atoms with van der Waals surface area (Å²) in [4.78, 5) is 14.9. The molecule has 0 aliphatic carbocycles. The molecule has 4 rings (SSSR count). The van der Waals surface area contributed by atoms with Gasteiger partial charge in [-0.05, 0) is 68.7 Å². The second-order valence-electron chi connectivity index (χ2n) is 8.54. The van der Waals surface area contributed by atoms with Gasteiger partial charge in [0.15, 0.2) is 11.5 Å². The summed E-state index contributed by atoms with van der Waals surface area (Å²) < 4.78 is 10.8. The van der Waals surface area contributed by atoms with Gasteiger partial charge in [0, 0.05) is 30.0 Å². The van der Waals surface area contributed by atoms with Crippen molar-refractivity contribution >= 4 is 17.3 Å². The molecule has 2 N–H and O–H groups in total. The summed E-state index contributed by atoms with van der Waals surface area (Å²) in [5.41, 5.74) is 2.72. The minimum absolute atomic E-state index is 0.0636. The number of nitrogens with one attached hydrogen (secondary N) is 2. The van der Waals surface area contributed by atoms with Gasteiger partial charge in [-0.15, -0.1) is 0 Å². The van der Waals surface area contributed by atoms with E-state index < -0.39 is 0 Å². The van der Waals surface area contributed by atoms with Crippen LogP contribution in [0.1, 0.15) is 45.1 Å². The zero-order chi connectivity index (χ0) is 21.0. The summed E-state index contributed by atoms with van der Waals surface area (Å²) >= 11 is 0. The van der Waals surface area contributed by atoms with E-state index in [2.05, 4.69) is 27.7 Å². The Morgan fingerprint density at radius 3 is 2.40 bits per heavy atom. The first-order valence-electron chi connectivity index (χ1n) is 10.8. The molecule has 1 saturated heterocycles. The predicted octanol–water partition coefficient (Wildman–Crippen LogP) is 4.26. The largest absolute Gasteiger partial charge is 0.454 e. The number of amides is 1. The quantitative estimate of drug-likeness (QED) is 0.746. The van der Waals surface area contributed by atoms with E-state index in [9.17, 15) is 4.79 Å². The maximum Gasteiger partial charge on any atom is 0.238 e. The predicted molar refractivity (Wildman–Crippen MR) is 119 cm³/mol. The normalized spacial score (nSPS) is 16.3. The smallest absolute Gasteiger partial charge is 0.238 e. The zero-order valence-electron chi connectivity index (χ0n) is 17.9. The highest BCUT2D eigenvalue weighted by Crippen LogP contribution is 2.35. The number of fused-ring (bicyclic) bond motifs is 1. The minimum atomic E-state index is -0.380. The molecule has 2 aromatic carbocycles. The molecule has 0 spiro atoms. The Balaban J connectivity index is 1.31. The molecule has 2 aliphatic rings. The number of carbonyl (C=O) groups excluding carboxylic acids is 1. The van der Waals surface area contributed by atoms with Crippen LogP contribution in [0.2, 0.25) is 0 Å². The highest BCUT2D eigenvalue weighted by atomic mass is 16.7. The first-order chi connectivity index (χ1) is 14.5. The van der Waals surface area contributed by atoms with Crippen LogP contribution in [0.15, 0.2) is 42.5 Å². The number of carbonyl (C=O) groups is 1. The lowest BCUT2D eigenvalue weighted by molar-refractivity contribution is -0.115. The van der Waals surface area contributed by atoms with E-state index in [0.29, 0.717) is 0 Å². The standard InChI is InChI=1S/C24H31N3O3/c1-24(2,18-7-12-21-22(15-18)30-17-29-21)25-16-23(28)26-19-8-10-20(11-9-19)27-13-5-3-4-6-14-27/h7-12,15,25H,3-6,13-14,16-17H2,1-2H3,(H,26,28). The van der Waals surface area contributed by atoms with Crippen molar-refractivity contribution in [1.29, 1.82) is 0 Å². The molecule has 6 heteroatoms. The first-order valence-corrected chi connectivity index (χ1v) is 10.8. The minimum Gasteiger partial charge on any atom is -0.454 e. The molecule has 6 nitrogen and oxygen atoms in total. The van der Waals surface area contributed by atoms with Crippen LogP contribution in [-0.2, 0) is 10.3 Å². The fraction of sp³-hybridized carbons (Fsp3) is 0.458. The van der Waals surface area contributed by atoms with Crippen LogP contribution >= 0.6 is 0 Å². The van der Waals surface area contributed by atoms with E-state index in [0.717, 1.165) is 35.8 Å². The Hall–Kier alpha value is -2.73. The molecule has 0 saturated carbocycles. The Labute approximate surface area is 178 Å². The van der Waals surface area contributed by atoms with Crippen molar-refractivity contribution in [3.05, 3.63) is 48.0 Å². The number of rotatable bonds is 6. The average molecular weight is 410 g/mol. The number of anilines is 2. The van der Waals surface area contributed by atoms with Gasteiger partial charge in [0.05, 0.1) is 6.54 Å². The molecular formula is C24H31N3O3. The first kappa shape index (κ1) is 20.5. The number of benzene rings is 2. The number of hydrogen-bond donors (Lipinski definition) is 2. The van der Waals surface area contributed by atoms with Crippen molar-refractivity contribution in [3.8, 4) is 11.5 Å². The second-order valence-corrected chi connectivity index (χ2v) is 8.54. The third-order valence-electron chi connectivity index (χ3n) is 5.91. The second kappa shape index (κ2) is 8.96. The van der Waals surface area contributed by atoms with Gasteiger partial charge in [0.25, 0.3) is 0 Å². The van der Waals surface area contributed by atoms with Crippen LogP contribution in [0.3, 0.4) is 0 Å².